The number of unbranched alkanes of at least 4 members (excludes halogenated alkanes) is 2. The number of fused-ring (bicyclic) bond motifs is 1. The second-order valence-corrected chi connectivity index (χ2v) is 10.8. The fourth-order valence-electron chi connectivity index (χ4n) is 6.35. The zero-order valence-electron chi connectivity index (χ0n) is 23.2. The van der Waals surface area contributed by atoms with Crippen molar-refractivity contribution in [2.45, 2.75) is 52.4 Å². The van der Waals surface area contributed by atoms with Gasteiger partial charge in [-0.3, -0.25) is 9.59 Å². The van der Waals surface area contributed by atoms with E-state index in [1.54, 1.807) is 0 Å². The van der Waals surface area contributed by atoms with Gasteiger partial charge in [0.25, 0.3) is 0 Å². The van der Waals surface area contributed by atoms with Crippen LogP contribution in [0.1, 0.15) is 73.1 Å². The first-order chi connectivity index (χ1) is 19.1. The molecule has 5 rings (SSSR count). The fraction of sp³-hybridized carbons (Fsp3) is 0.333. The molecule has 2 atom stereocenters. The normalized spacial score (nSPS) is 18.9. The van der Waals surface area contributed by atoms with E-state index in [1.807, 2.05) is 66.7 Å². The van der Waals surface area contributed by atoms with Crippen molar-refractivity contribution in [3.05, 3.63) is 124 Å². The first-order valence-corrected chi connectivity index (χ1v) is 14.6. The third-order valence-corrected chi connectivity index (χ3v) is 8.32. The van der Waals surface area contributed by atoms with Gasteiger partial charge in [0.05, 0.1) is 11.8 Å². The molecule has 1 aliphatic carbocycles. The molecule has 1 heterocycles. The molecule has 1 fully saturated rings. The summed E-state index contributed by atoms with van der Waals surface area (Å²) in [5, 5.41) is 0. The van der Waals surface area contributed by atoms with Crippen molar-refractivity contribution >= 4 is 17.3 Å². The Morgan fingerprint density at radius 3 is 1.38 bits per heavy atom. The van der Waals surface area contributed by atoms with Gasteiger partial charge in [-0.05, 0) is 49.0 Å². The molecule has 0 aromatic heterocycles. The van der Waals surface area contributed by atoms with Crippen molar-refractivity contribution in [2.75, 3.05) is 18.0 Å². The van der Waals surface area contributed by atoms with E-state index in [9.17, 15) is 9.59 Å². The summed E-state index contributed by atoms with van der Waals surface area (Å²) in [5.74, 6) is -0.773. The molecule has 200 valence electrons. The van der Waals surface area contributed by atoms with E-state index in [2.05, 4.69) is 43.0 Å². The Hall–Kier alpha value is -3.72. The molecule has 3 nitrogen and oxygen atoms in total. The number of hydrogen-bond acceptors (Lipinski definition) is 3. The molecule has 0 unspecified atom stereocenters. The van der Waals surface area contributed by atoms with Crippen molar-refractivity contribution in [1.82, 2.24) is 0 Å². The third kappa shape index (κ3) is 5.54. The molecule has 0 spiro atoms. The van der Waals surface area contributed by atoms with E-state index >= 15 is 0 Å². The van der Waals surface area contributed by atoms with Gasteiger partial charge in [0.2, 0.25) is 0 Å². The maximum Gasteiger partial charge on any atom is 0.171 e. The summed E-state index contributed by atoms with van der Waals surface area (Å²) < 4.78 is 0. The lowest BCUT2D eigenvalue weighted by Crippen LogP contribution is -2.37. The Morgan fingerprint density at radius 2 is 1.00 bits per heavy atom. The number of hydrogen-bond donors (Lipinski definition) is 0. The smallest absolute Gasteiger partial charge is 0.171 e. The van der Waals surface area contributed by atoms with Crippen LogP contribution >= 0.6 is 0 Å². The molecule has 0 N–H and O–H groups in total. The predicted octanol–water partition coefficient (Wildman–Crippen LogP) is 8.49. The highest BCUT2D eigenvalue weighted by atomic mass is 16.1. The Bertz CT molecular complexity index is 1270. The molecule has 0 amide bonds. The quantitative estimate of drug-likeness (QED) is 0.239. The number of rotatable bonds is 11. The van der Waals surface area contributed by atoms with Crippen LogP contribution in [0.5, 0.6) is 0 Å². The number of carbonyl (C=O) groups is 2. The number of benzene rings is 3. The number of carbonyl (C=O) groups excluding carboxylic acids is 2. The summed E-state index contributed by atoms with van der Waals surface area (Å²) in [7, 11) is 0. The molecule has 0 radical (unpaired) electrons. The minimum atomic E-state index is -0.465. The molecule has 3 aromatic rings. The van der Waals surface area contributed by atoms with E-state index in [-0.39, 0.29) is 11.6 Å². The number of nitrogens with zero attached hydrogens (tertiary/aromatic N) is 1. The minimum absolute atomic E-state index is 0.0784. The van der Waals surface area contributed by atoms with Crippen LogP contribution in [0.15, 0.2) is 113 Å². The number of allylic oxidation sites excluding steroid dienone is 2. The second-order valence-electron chi connectivity index (χ2n) is 10.8. The second kappa shape index (κ2) is 12.4. The highest BCUT2D eigenvalue weighted by Gasteiger charge is 2.46. The Balaban J connectivity index is 1.72. The van der Waals surface area contributed by atoms with Crippen molar-refractivity contribution in [3.8, 4) is 0 Å². The first kappa shape index (κ1) is 26.9. The number of anilines is 1. The largest absolute Gasteiger partial charge is 0.363 e. The summed E-state index contributed by atoms with van der Waals surface area (Å²) in [5.41, 5.74) is 7.57. The van der Waals surface area contributed by atoms with Crippen LogP contribution in [-0.4, -0.2) is 24.7 Å². The van der Waals surface area contributed by atoms with Crippen LogP contribution in [0.2, 0.25) is 0 Å². The number of Topliss-reactive ketones (excluding diaryl/α,β-unsaturated/α-hetero) is 2. The molecule has 1 saturated heterocycles. The minimum Gasteiger partial charge on any atom is -0.363 e. The van der Waals surface area contributed by atoms with Crippen LogP contribution in [-0.2, 0) is 0 Å². The lowest BCUT2D eigenvalue weighted by Gasteiger charge is -2.36. The van der Waals surface area contributed by atoms with Crippen LogP contribution in [0, 0.1) is 11.8 Å². The number of ketones is 2. The predicted molar refractivity (Wildman–Crippen MR) is 160 cm³/mol. The summed E-state index contributed by atoms with van der Waals surface area (Å²) in [6.45, 7) is 5.98. The first-order valence-electron chi connectivity index (χ1n) is 14.6. The maximum atomic E-state index is 14.5. The molecule has 3 heteroatoms. The average Bonchev–Trinajstić information content (AvgIpc) is 3.45. The lowest BCUT2D eigenvalue weighted by atomic mass is 9.65. The molecular weight excluding hydrogens is 478 g/mol. The van der Waals surface area contributed by atoms with Gasteiger partial charge in [-0.15, -0.1) is 0 Å². The lowest BCUT2D eigenvalue weighted by molar-refractivity contribution is 0.0809. The highest BCUT2D eigenvalue weighted by molar-refractivity contribution is 6.08. The summed E-state index contributed by atoms with van der Waals surface area (Å²) in [6, 6.07) is 29.8. The zero-order valence-corrected chi connectivity index (χ0v) is 23.2. The van der Waals surface area contributed by atoms with E-state index in [4.69, 9.17) is 0 Å². The van der Waals surface area contributed by atoms with Gasteiger partial charge in [-0.2, -0.15) is 0 Å². The fourth-order valence-corrected chi connectivity index (χ4v) is 6.35. The Labute approximate surface area is 233 Å². The molecule has 0 bridgehead atoms. The van der Waals surface area contributed by atoms with Gasteiger partial charge in [0.1, 0.15) is 0 Å². The summed E-state index contributed by atoms with van der Waals surface area (Å²) >= 11 is 0. The van der Waals surface area contributed by atoms with Gasteiger partial charge >= 0.3 is 0 Å². The molecule has 0 saturated carbocycles. The van der Waals surface area contributed by atoms with Crippen molar-refractivity contribution in [3.63, 3.8) is 0 Å². The van der Waals surface area contributed by atoms with Crippen molar-refractivity contribution in [1.29, 1.82) is 0 Å². The topological polar surface area (TPSA) is 37.4 Å². The summed E-state index contributed by atoms with van der Waals surface area (Å²) in [4.78, 5) is 31.3. The molecule has 1 aliphatic heterocycles. The standard InChI is InChI=1S/C36H39NO2/c1-3-5-22-29-31-24-37(28-20-14-9-15-21-28)25-32(31)30(23-6-4-2)34(36(39)27-18-12-8-13-19-27)33(29)35(38)26-16-10-7-11-17-26/h7-21,33-34H,3-6,22-25H2,1-2H3/t33-,34-/m0/s1. The van der Waals surface area contributed by atoms with Gasteiger partial charge < -0.3 is 4.90 Å². The Morgan fingerprint density at radius 1 is 0.615 bits per heavy atom. The van der Waals surface area contributed by atoms with E-state index in [1.165, 1.54) is 28.0 Å². The zero-order chi connectivity index (χ0) is 27.2. The van der Waals surface area contributed by atoms with Gasteiger partial charge in [0.15, 0.2) is 11.6 Å². The van der Waals surface area contributed by atoms with Crippen molar-refractivity contribution in [2.24, 2.45) is 11.8 Å². The Kier molecular flexibility index (Phi) is 8.56. The van der Waals surface area contributed by atoms with Gasteiger partial charge in [-0.1, -0.05) is 117 Å². The highest BCUT2D eigenvalue weighted by Crippen LogP contribution is 2.48. The van der Waals surface area contributed by atoms with E-state index in [0.29, 0.717) is 11.1 Å². The molecular formula is C36H39NO2. The summed E-state index contributed by atoms with van der Waals surface area (Å²) in [6.07, 6.45) is 5.80. The molecule has 3 aromatic carbocycles. The maximum absolute atomic E-state index is 14.5. The van der Waals surface area contributed by atoms with Crippen LogP contribution in [0.4, 0.5) is 5.69 Å². The molecule has 2 aliphatic rings. The average molecular weight is 518 g/mol. The van der Waals surface area contributed by atoms with Crippen LogP contribution in [0.25, 0.3) is 0 Å². The van der Waals surface area contributed by atoms with Gasteiger partial charge in [-0.25, -0.2) is 0 Å². The SMILES string of the molecule is CCCCC1=C2CN(c3ccccc3)CC2=C(CCCC)[C@H](C(=O)c2ccccc2)[C@H]1C(=O)c1ccccc1. The number of para-hydroxylation sites is 1. The molecule has 39 heavy (non-hydrogen) atoms. The van der Waals surface area contributed by atoms with E-state index < -0.39 is 11.8 Å². The monoisotopic (exact) mass is 517 g/mol. The van der Waals surface area contributed by atoms with E-state index in [0.717, 1.165) is 51.6 Å². The van der Waals surface area contributed by atoms with Crippen molar-refractivity contribution < 1.29 is 9.59 Å². The van der Waals surface area contributed by atoms with Crippen LogP contribution < -0.4 is 4.90 Å². The van der Waals surface area contributed by atoms with Gasteiger partial charge in [0, 0.05) is 29.9 Å². The third-order valence-electron chi connectivity index (χ3n) is 8.32. The van der Waals surface area contributed by atoms with Crippen LogP contribution in [0.3, 0.4) is 0 Å².